The van der Waals surface area contributed by atoms with Crippen LogP contribution in [0, 0.1) is 11.6 Å². The van der Waals surface area contributed by atoms with Crippen molar-refractivity contribution in [2.75, 3.05) is 29.9 Å². The number of carbonyl (C=O) groups excluding carboxylic acids is 2. The standard InChI is InChI=1S/C19H19F2N5O2/c1-24-15-10-22-16(8-12-6-13(20)9-14(21)7-12)23-18(15)26(17(24)11-27)19(28)25-4-2-3-5-25/h6-7,9-11,17H,2-5,8H2,1H3. The summed E-state index contributed by atoms with van der Waals surface area (Å²) in [7, 11) is 1.69. The summed E-state index contributed by atoms with van der Waals surface area (Å²) in [5.41, 5.74) is 0.937. The van der Waals surface area contributed by atoms with Gasteiger partial charge in [0.15, 0.2) is 18.3 Å². The van der Waals surface area contributed by atoms with Gasteiger partial charge in [0.1, 0.15) is 23.1 Å². The van der Waals surface area contributed by atoms with Crippen LogP contribution in [0.25, 0.3) is 0 Å². The molecule has 0 N–H and O–H groups in total. The van der Waals surface area contributed by atoms with E-state index in [4.69, 9.17) is 0 Å². The number of urea groups is 1. The van der Waals surface area contributed by atoms with E-state index in [-0.39, 0.29) is 12.5 Å². The predicted octanol–water partition coefficient (Wildman–Crippen LogP) is 2.34. The summed E-state index contributed by atoms with van der Waals surface area (Å²) in [6.45, 7) is 1.28. The minimum absolute atomic E-state index is 0.100. The monoisotopic (exact) mass is 387 g/mol. The van der Waals surface area contributed by atoms with Gasteiger partial charge in [-0.25, -0.2) is 28.4 Å². The molecule has 146 valence electrons. The summed E-state index contributed by atoms with van der Waals surface area (Å²) in [5, 5.41) is 0. The number of fused-ring (bicyclic) bond motifs is 1. The second kappa shape index (κ2) is 7.14. The van der Waals surface area contributed by atoms with Crippen molar-refractivity contribution in [3.63, 3.8) is 0 Å². The molecule has 1 aromatic heterocycles. The van der Waals surface area contributed by atoms with Gasteiger partial charge in [-0.15, -0.1) is 0 Å². The molecule has 28 heavy (non-hydrogen) atoms. The van der Waals surface area contributed by atoms with Gasteiger partial charge in [-0.3, -0.25) is 4.79 Å². The molecule has 1 saturated heterocycles. The van der Waals surface area contributed by atoms with E-state index in [1.54, 1.807) is 16.8 Å². The van der Waals surface area contributed by atoms with E-state index >= 15 is 0 Å². The molecule has 0 saturated carbocycles. The molecular weight excluding hydrogens is 368 g/mol. The van der Waals surface area contributed by atoms with Crippen molar-refractivity contribution in [1.82, 2.24) is 14.9 Å². The third-order valence-electron chi connectivity index (χ3n) is 5.06. The van der Waals surface area contributed by atoms with Crippen LogP contribution in [0.5, 0.6) is 0 Å². The Labute approximate surface area is 160 Å². The number of hydrogen-bond acceptors (Lipinski definition) is 5. The highest BCUT2D eigenvalue weighted by Gasteiger charge is 2.41. The highest BCUT2D eigenvalue weighted by Crippen LogP contribution is 2.37. The third-order valence-corrected chi connectivity index (χ3v) is 5.06. The first-order valence-electron chi connectivity index (χ1n) is 9.05. The Morgan fingerprint density at radius 2 is 1.89 bits per heavy atom. The van der Waals surface area contributed by atoms with Crippen LogP contribution in [-0.4, -0.2) is 53.5 Å². The van der Waals surface area contributed by atoms with Gasteiger partial charge in [0.2, 0.25) is 0 Å². The van der Waals surface area contributed by atoms with Crippen molar-refractivity contribution in [3.05, 3.63) is 47.4 Å². The van der Waals surface area contributed by atoms with E-state index in [2.05, 4.69) is 9.97 Å². The highest BCUT2D eigenvalue weighted by molar-refractivity contribution is 6.02. The van der Waals surface area contributed by atoms with E-state index in [1.807, 2.05) is 0 Å². The molecule has 2 aliphatic rings. The van der Waals surface area contributed by atoms with Gasteiger partial charge in [-0.2, -0.15) is 0 Å². The van der Waals surface area contributed by atoms with E-state index in [0.29, 0.717) is 42.3 Å². The quantitative estimate of drug-likeness (QED) is 0.757. The molecule has 7 nitrogen and oxygen atoms in total. The molecule has 3 heterocycles. The lowest BCUT2D eigenvalue weighted by atomic mass is 10.1. The lowest BCUT2D eigenvalue weighted by Gasteiger charge is -2.28. The molecule has 1 atom stereocenters. The molecule has 2 amide bonds. The topological polar surface area (TPSA) is 69.6 Å². The fourth-order valence-electron chi connectivity index (χ4n) is 3.67. The SMILES string of the molecule is CN1c2cnc(Cc3cc(F)cc(F)c3)nc2N(C(=O)N2CCCC2)C1C=O. The summed E-state index contributed by atoms with van der Waals surface area (Å²) < 4.78 is 26.9. The molecule has 2 aliphatic heterocycles. The van der Waals surface area contributed by atoms with Gasteiger partial charge in [0.05, 0.1) is 6.20 Å². The number of aldehydes is 1. The Bertz CT molecular complexity index is 912. The molecule has 9 heteroatoms. The number of anilines is 2. The first kappa shape index (κ1) is 18.3. The number of likely N-dealkylation sites (N-methyl/N-ethyl adjacent to an activating group) is 1. The summed E-state index contributed by atoms with van der Waals surface area (Å²) >= 11 is 0. The zero-order valence-electron chi connectivity index (χ0n) is 15.3. The number of benzene rings is 1. The van der Waals surface area contributed by atoms with Crippen LogP contribution < -0.4 is 9.80 Å². The Kier molecular flexibility index (Phi) is 4.66. The number of nitrogens with zero attached hydrogens (tertiary/aromatic N) is 5. The second-order valence-electron chi connectivity index (χ2n) is 6.96. The Morgan fingerprint density at radius 3 is 2.54 bits per heavy atom. The van der Waals surface area contributed by atoms with Crippen LogP contribution in [-0.2, 0) is 11.2 Å². The first-order chi connectivity index (χ1) is 13.5. The maximum atomic E-state index is 13.5. The summed E-state index contributed by atoms with van der Waals surface area (Å²) in [5.74, 6) is -0.716. The minimum Gasteiger partial charge on any atom is -0.344 e. The van der Waals surface area contributed by atoms with Crippen LogP contribution >= 0.6 is 0 Å². The van der Waals surface area contributed by atoms with Crippen LogP contribution in [0.1, 0.15) is 24.2 Å². The van der Waals surface area contributed by atoms with E-state index in [0.717, 1.165) is 18.9 Å². The van der Waals surface area contributed by atoms with E-state index in [1.165, 1.54) is 23.2 Å². The Morgan fingerprint density at radius 1 is 1.21 bits per heavy atom. The molecule has 1 unspecified atom stereocenters. The van der Waals surface area contributed by atoms with Crippen molar-refractivity contribution < 1.29 is 18.4 Å². The summed E-state index contributed by atoms with van der Waals surface area (Å²) in [6, 6.07) is 2.95. The van der Waals surface area contributed by atoms with Crippen LogP contribution in [0.4, 0.5) is 25.1 Å². The normalized spacial score (nSPS) is 18.5. The van der Waals surface area contributed by atoms with Crippen LogP contribution in [0.15, 0.2) is 24.4 Å². The molecule has 0 radical (unpaired) electrons. The molecule has 0 bridgehead atoms. The number of likely N-dealkylation sites (tertiary alicyclic amines) is 1. The minimum atomic E-state index is -0.806. The second-order valence-corrected chi connectivity index (χ2v) is 6.96. The molecule has 0 aliphatic carbocycles. The third kappa shape index (κ3) is 3.17. The largest absolute Gasteiger partial charge is 0.344 e. The fourth-order valence-corrected chi connectivity index (χ4v) is 3.67. The molecule has 1 fully saturated rings. The number of hydrogen-bond donors (Lipinski definition) is 0. The predicted molar refractivity (Wildman–Crippen MR) is 98.1 cm³/mol. The smallest absolute Gasteiger partial charge is 0.327 e. The number of aromatic nitrogens is 2. The Hall–Kier alpha value is -3.10. The molecule has 2 aromatic rings. The number of carbonyl (C=O) groups is 2. The van der Waals surface area contributed by atoms with Crippen molar-refractivity contribution in [2.45, 2.75) is 25.4 Å². The Balaban J connectivity index is 1.68. The van der Waals surface area contributed by atoms with Gasteiger partial charge in [-0.05, 0) is 30.5 Å². The van der Waals surface area contributed by atoms with Crippen molar-refractivity contribution in [2.24, 2.45) is 0 Å². The molecule has 4 rings (SSSR count). The van der Waals surface area contributed by atoms with Gasteiger partial charge < -0.3 is 9.80 Å². The maximum absolute atomic E-state index is 13.5. The van der Waals surface area contributed by atoms with E-state index in [9.17, 15) is 18.4 Å². The highest BCUT2D eigenvalue weighted by atomic mass is 19.1. The maximum Gasteiger partial charge on any atom is 0.327 e. The number of halogens is 2. The molecular formula is C19H19F2N5O2. The number of amides is 2. The van der Waals surface area contributed by atoms with Gasteiger partial charge in [-0.1, -0.05) is 0 Å². The van der Waals surface area contributed by atoms with Crippen molar-refractivity contribution in [1.29, 1.82) is 0 Å². The number of rotatable bonds is 3. The van der Waals surface area contributed by atoms with Gasteiger partial charge in [0.25, 0.3) is 0 Å². The van der Waals surface area contributed by atoms with Crippen LogP contribution in [0.2, 0.25) is 0 Å². The molecule has 0 spiro atoms. The zero-order chi connectivity index (χ0) is 19.8. The molecule has 1 aromatic carbocycles. The fraction of sp³-hybridized carbons (Fsp3) is 0.368. The van der Waals surface area contributed by atoms with E-state index < -0.39 is 17.8 Å². The average Bonchev–Trinajstić information content (AvgIpc) is 3.27. The lowest BCUT2D eigenvalue weighted by molar-refractivity contribution is -0.108. The summed E-state index contributed by atoms with van der Waals surface area (Å²) in [6.07, 6.45) is 3.36. The lowest BCUT2D eigenvalue weighted by Crippen LogP contribution is -2.51. The zero-order valence-corrected chi connectivity index (χ0v) is 15.3. The van der Waals surface area contributed by atoms with Crippen LogP contribution in [0.3, 0.4) is 0 Å². The van der Waals surface area contributed by atoms with Gasteiger partial charge >= 0.3 is 6.03 Å². The first-order valence-corrected chi connectivity index (χ1v) is 9.05. The average molecular weight is 387 g/mol. The summed E-state index contributed by atoms with van der Waals surface area (Å²) in [4.78, 5) is 38.1. The van der Waals surface area contributed by atoms with Crippen molar-refractivity contribution >= 4 is 23.8 Å². The van der Waals surface area contributed by atoms with Gasteiger partial charge in [0, 0.05) is 32.6 Å². The van der Waals surface area contributed by atoms with Crippen molar-refractivity contribution in [3.8, 4) is 0 Å².